The predicted octanol–water partition coefficient (Wildman–Crippen LogP) is 7.09. The molecule has 2 aromatic heterocycles. The van der Waals surface area contributed by atoms with Gasteiger partial charge in [0.05, 0.1) is 0 Å². The Morgan fingerprint density at radius 1 is 0.538 bits per heavy atom. The van der Waals surface area contributed by atoms with Crippen molar-refractivity contribution in [2.24, 2.45) is 14.1 Å². The topological polar surface area (TPSA) is 16.3 Å². The number of fused-ring (bicyclic) bond motifs is 2. The molecule has 0 saturated carbocycles. The maximum Gasteiger partial charge on any atom is 0.0485 e. The Balaban J connectivity index is 1.10. The molecule has 1 aliphatic heterocycles. The van der Waals surface area contributed by atoms with E-state index in [1.54, 1.807) is 0 Å². The number of hydrogen-bond acceptors (Lipinski definition) is 2. The van der Waals surface area contributed by atoms with Crippen molar-refractivity contribution in [1.29, 1.82) is 0 Å². The van der Waals surface area contributed by atoms with Gasteiger partial charge in [0.25, 0.3) is 0 Å². The quantitative estimate of drug-likeness (QED) is 0.244. The van der Waals surface area contributed by atoms with Gasteiger partial charge in [-0.25, -0.2) is 0 Å². The number of nitrogens with zero attached hydrogens (tertiary/aromatic N) is 4. The van der Waals surface area contributed by atoms with Gasteiger partial charge in [-0.05, 0) is 157 Å². The van der Waals surface area contributed by atoms with Gasteiger partial charge >= 0.3 is 0 Å². The fourth-order valence-corrected chi connectivity index (χ4v) is 6.84. The second kappa shape index (κ2) is 11.5. The van der Waals surface area contributed by atoms with E-state index in [1.807, 2.05) is 0 Å². The van der Waals surface area contributed by atoms with Crippen molar-refractivity contribution in [3.05, 3.63) is 69.0 Å². The molecule has 210 valence electrons. The molecule has 1 fully saturated rings. The molecular weight excluding hydrogens is 476 g/mol. The highest BCUT2D eigenvalue weighted by atomic mass is 15.2. The van der Waals surface area contributed by atoms with Crippen molar-refractivity contribution in [2.75, 3.05) is 39.3 Å². The summed E-state index contributed by atoms with van der Waals surface area (Å²) in [5.41, 5.74) is 14.3. The highest BCUT2D eigenvalue weighted by molar-refractivity contribution is 5.87. The van der Waals surface area contributed by atoms with E-state index < -0.39 is 0 Å². The van der Waals surface area contributed by atoms with Gasteiger partial charge in [0, 0.05) is 60.4 Å². The van der Waals surface area contributed by atoms with Crippen LogP contribution in [0.5, 0.6) is 0 Å². The first-order chi connectivity index (χ1) is 18.7. The van der Waals surface area contributed by atoms with E-state index in [1.165, 1.54) is 125 Å². The standard InChI is InChI=1S/C35H50N4/c1-24-20-34-32(28(5)26(24)3)22-30(36(34)7)12-9-14-38-16-11-17-39(19-18-38)15-10-13-31-23-33-29(6)27(4)25(2)21-35(33)37(31)8/h20-23H,9-19H2,1-8H3. The first-order valence-electron chi connectivity index (χ1n) is 15.2. The maximum atomic E-state index is 2.71. The van der Waals surface area contributed by atoms with Crippen LogP contribution in [0.2, 0.25) is 0 Å². The van der Waals surface area contributed by atoms with Gasteiger partial charge in [-0.15, -0.1) is 0 Å². The molecule has 0 atom stereocenters. The molecule has 3 heterocycles. The molecule has 0 amide bonds. The zero-order valence-electron chi connectivity index (χ0n) is 25.9. The van der Waals surface area contributed by atoms with E-state index >= 15 is 0 Å². The smallest absolute Gasteiger partial charge is 0.0485 e. The van der Waals surface area contributed by atoms with Crippen LogP contribution in [0.25, 0.3) is 21.8 Å². The summed E-state index contributed by atoms with van der Waals surface area (Å²) in [6.45, 7) is 20.9. The number of aromatic nitrogens is 2. The normalized spacial score (nSPS) is 15.6. The Hall–Kier alpha value is -2.56. The van der Waals surface area contributed by atoms with Crippen LogP contribution in [0.3, 0.4) is 0 Å². The van der Waals surface area contributed by atoms with Gasteiger partial charge < -0.3 is 18.9 Å². The summed E-state index contributed by atoms with van der Waals surface area (Å²) in [6, 6.07) is 9.63. The average Bonchev–Trinajstić information content (AvgIpc) is 3.28. The zero-order valence-corrected chi connectivity index (χ0v) is 25.9. The molecule has 4 nitrogen and oxygen atoms in total. The van der Waals surface area contributed by atoms with Crippen LogP contribution in [-0.2, 0) is 26.9 Å². The molecule has 2 aromatic carbocycles. The fourth-order valence-electron chi connectivity index (χ4n) is 6.84. The summed E-state index contributed by atoms with van der Waals surface area (Å²) in [7, 11) is 4.49. The number of benzene rings is 2. The van der Waals surface area contributed by atoms with Crippen LogP contribution in [0, 0.1) is 41.5 Å². The van der Waals surface area contributed by atoms with Crippen LogP contribution in [0.1, 0.15) is 64.0 Å². The Morgan fingerprint density at radius 3 is 1.36 bits per heavy atom. The number of rotatable bonds is 8. The maximum absolute atomic E-state index is 2.71. The van der Waals surface area contributed by atoms with E-state index in [4.69, 9.17) is 0 Å². The third-order valence-electron chi connectivity index (χ3n) is 10.1. The monoisotopic (exact) mass is 526 g/mol. The van der Waals surface area contributed by atoms with E-state index in [2.05, 4.69) is 98.8 Å². The van der Waals surface area contributed by atoms with Crippen LogP contribution in [-0.4, -0.2) is 58.2 Å². The predicted molar refractivity (Wildman–Crippen MR) is 168 cm³/mol. The Morgan fingerprint density at radius 2 is 0.949 bits per heavy atom. The molecular formula is C35H50N4. The van der Waals surface area contributed by atoms with Crippen LogP contribution < -0.4 is 0 Å². The summed E-state index contributed by atoms with van der Waals surface area (Å²) >= 11 is 0. The molecule has 39 heavy (non-hydrogen) atoms. The zero-order chi connectivity index (χ0) is 27.8. The molecule has 0 radical (unpaired) electrons. The molecule has 0 N–H and O–H groups in total. The van der Waals surface area contributed by atoms with Gasteiger partial charge in [0.15, 0.2) is 0 Å². The fraction of sp³-hybridized carbons (Fsp3) is 0.543. The van der Waals surface area contributed by atoms with E-state index in [0.717, 1.165) is 12.8 Å². The molecule has 4 aromatic rings. The van der Waals surface area contributed by atoms with Crippen molar-refractivity contribution in [3.63, 3.8) is 0 Å². The minimum Gasteiger partial charge on any atom is -0.348 e. The molecule has 0 unspecified atom stereocenters. The Bertz CT molecular complexity index is 1370. The largest absolute Gasteiger partial charge is 0.348 e. The molecule has 1 aliphatic rings. The summed E-state index contributed by atoms with van der Waals surface area (Å²) in [5, 5.41) is 2.87. The van der Waals surface area contributed by atoms with Crippen LogP contribution in [0.15, 0.2) is 24.3 Å². The lowest BCUT2D eigenvalue weighted by molar-refractivity contribution is 0.252. The lowest BCUT2D eigenvalue weighted by Gasteiger charge is -2.22. The first-order valence-corrected chi connectivity index (χ1v) is 15.2. The van der Waals surface area contributed by atoms with Gasteiger partial charge in [0.1, 0.15) is 0 Å². The summed E-state index contributed by atoms with van der Waals surface area (Å²) in [4.78, 5) is 5.42. The van der Waals surface area contributed by atoms with Crippen molar-refractivity contribution in [2.45, 2.75) is 73.6 Å². The minimum atomic E-state index is 1.16. The molecule has 0 spiro atoms. The molecule has 1 saturated heterocycles. The van der Waals surface area contributed by atoms with Gasteiger partial charge in [-0.3, -0.25) is 0 Å². The third kappa shape index (κ3) is 5.56. The summed E-state index contributed by atoms with van der Waals surface area (Å²) in [5.74, 6) is 0. The lowest BCUT2D eigenvalue weighted by Crippen LogP contribution is -2.32. The molecule has 4 heteroatoms. The van der Waals surface area contributed by atoms with Crippen LogP contribution >= 0.6 is 0 Å². The molecule has 0 bridgehead atoms. The number of aryl methyl sites for hydroxylation is 8. The summed E-state index contributed by atoms with van der Waals surface area (Å²) in [6.07, 6.45) is 6.08. The molecule has 5 rings (SSSR count). The van der Waals surface area contributed by atoms with Crippen molar-refractivity contribution in [3.8, 4) is 0 Å². The van der Waals surface area contributed by atoms with Gasteiger partial charge in [0.2, 0.25) is 0 Å². The lowest BCUT2D eigenvalue weighted by atomic mass is 10.0. The summed E-state index contributed by atoms with van der Waals surface area (Å²) < 4.78 is 4.86. The number of hydrogen-bond donors (Lipinski definition) is 0. The Labute approximate surface area is 236 Å². The first kappa shape index (κ1) is 28.0. The van der Waals surface area contributed by atoms with Crippen molar-refractivity contribution >= 4 is 21.8 Å². The Kier molecular flexibility index (Phi) is 8.26. The van der Waals surface area contributed by atoms with Gasteiger partial charge in [-0.1, -0.05) is 0 Å². The average molecular weight is 527 g/mol. The highest BCUT2D eigenvalue weighted by Crippen LogP contribution is 2.29. The second-order valence-electron chi connectivity index (χ2n) is 12.4. The van der Waals surface area contributed by atoms with Crippen molar-refractivity contribution in [1.82, 2.24) is 18.9 Å². The van der Waals surface area contributed by atoms with Crippen LogP contribution in [0.4, 0.5) is 0 Å². The third-order valence-corrected chi connectivity index (χ3v) is 10.1. The minimum absolute atomic E-state index is 1.16. The van der Waals surface area contributed by atoms with Gasteiger partial charge in [-0.2, -0.15) is 0 Å². The second-order valence-corrected chi connectivity index (χ2v) is 12.4. The SMILES string of the molecule is Cc1cc2c(cc(CCCN3CCCN(CCCc4cc5c(C)c(C)c(C)cc5n4C)CC3)n2C)c(C)c1C. The van der Waals surface area contributed by atoms with E-state index in [-0.39, 0.29) is 0 Å². The van der Waals surface area contributed by atoms with E-state index in [0.29, 0.717) is 0 Å². The highest BCUT2D eigenvalue weighted by Gasteiger charge is 2.17. The van der Waals surface area contributed by atoms with Crippen molar-refractivity contribution < 1.29 is 0 Å². The molecule has 0 aliphatic carbocycles. The van der Waals surface area contributed by atoms with E-state index in [9.17, 15) is 0 Å².